The summed E-state index contributed by atoms with van der Waals surface area (Å²) in [6.45, 7) is 2.28. The maximum atomic E-state index is 11.0. The van der Waals surface area contributed by atoms with Crippen molar-refractivity contribution in [2.45, 2.75) is 19.2 Å². The molecule has 7 heteroatoms. The molecule has 1 aromatic heterocycles. The summed E-state index contributed by atoms with van der Waals surface area (Å²) in [4.78, 5) is 14.4. The van der Waals surface area contributed by atoms with Crippen molar-refractivity contribution >= 4 is 15.8 Å². The second-order valence-electron chi connectivity index (χ2n) is 3.20. The smallest absolute Gasteiger partial charge is 0.356 e. The monoisotopic (exact) mass is 232 g/mol. The fourth-order valence-corrected chi connectivity index (χ4v) is 1.88. The molecule has 0 amide bonds. The van der Waals surface area contributed by atoms with E-state index in [4.69, 9.17) is 5.11 Å². The zero-order valence-electron chi connectivity index (χ0n) is 8.47. The van der Waals surface area contributed by atoms with Gasteiger partial charge in [0.05, 0.1) is 0 Å². The second kappa shape index (κ2) is 4.01. The molecule has 0 atom stereocenters. The molecule has 1 rings (SSSR count). The van der Waals surface area contributed by atoms with Crippen molar-refractivity contribution < 1.29 is 18.3 Å². The number of aromatic nitrogens is 2. The molecule has 0 aromatic carbocycles. The van der Waals surface area contributed by atoms with Gasteiger partial charge in [0.2, 0.25) is 0 Å². The van der Waals surface area contributed by atoms with Gasteiger partial charge in [0.1, 0.15) is 11.6 Å². The number of sulfone groups is 1. The van der Waals surface area contributed by atoms with Crippen molar-refractivity contribution in [3.63, 3.8) is 0 Å². The van der Waals surface area contributed by atoms with E-state index in [1.165, 1.54) is 10.8 Å². The Bertz CT molecular complexity index is 475. The third-order valence-electron chi connectivity index (χ3n) is 1.81. The van der Waals surface area contributed by atoms with Crippen LogP contribution in [0.3, 0.4) is 0 Å². The second-order valence-corrected chi connectivity index (χ2v) is 5.34. The van der Waals surface area contributed by atoms with Crippen LogP contribution < -0.4 is 0 Å². The van der Waals surface area contributed by atoms with Gasteiger partial charge >= 0.3 is 5.97 Å². The number of imidazole rings is 1. The molecule has 1 aromatic rings. The largest absolute Gasteiger partial charge is 0.476 e. The molecule has 0 aliphatic heterocycles. The lowest BCUT2D eigenvalue weighted by atomic mass is 10.5. The number of hydrogen-bond donors (Lipinski definition) is 1. The first-order chi connectivity index (χ1) is 6.83. The molecular weight excluding hydrogens is 220 g/mol. The van der Waals surface area contributed by atoms with Crippen LogP contribution >= 0.6 is 0 Å². The summed E-state index contributed by atoms with van der Waals surface area (Å²) in [6.07, 6.45) is 2.42. The predicted octanol–water partition coefficient (Wildman–Crippen LogP) is 0.146. The number of nitrogens with zero attached hydrogens (tertiary/aromatic N) is 2. The molecule has 0 aliphatic carbocycles. The van der Waals surface area contributed by atoms with Crippen LogP contribution in [0.15, 0.2) is 6.20 Å². The lowest BCUT2D eigenvalue weighted by Gasteiger charge is -2.01. The molecule has 0 fully saturated rings. The van der Waals surface area contributed by atoms with Crippen LogP contribution in [-0.4, -0.2) is 35.3 Å². The van der Waals surface area contributed by atoms with Crippen molar-refractivity contribution in [1.82, 2.24) is 9.55 Å². The molecule has 0 radical (unpaired) electrons. The van der Waals surface area contributed by atoms with Gasteiger partial charge in [0.15, 0.2) is 15.5 Å². The topological polar surface area (TPSA) is 89.3 Å². The molecule has 0 bridgehead atoms. The Labute approximate surface area is 87.5 Å². The fraction of sp³-hybridized carbons (Fsp3) is 0.500. The molecular formula is C8H12N2O4S. The Balaban J connectivity index is 3.11. The van der Waals surface area contributed by atoms with E-state index in [9.17, 15) is 13.2 Å². The molecule has 84 valence electrons. The Morgan fingerprint density at radius 2 is 2.20 bits per heavy atom. The minimum Gasteiger partial charge on any atom is -0.476 e. The Hall–Kier alpha value is -1.37. The van der Waals surface area contributed by atoms with E-state index in [-0.39, 0.29) is 17.3 Å². The molecule has 0 saturated carbocycles. The van der Waals surface area contributed by atoms with Gasteiger partial charge < -0.3 is 9.67 Å². The van der Waals surface area contributed by atoms with Crippen LogP contribution in [0, 0.1) is 0 Å². The third kappa shape index (κ3) is 3.05. The number of carboxylic acids is 1. The van der Waals surface area contributed by atoms with Crippen LogP contribution in [0.1, 0.15) is 23.2 Å². The number of aryl methyl sites for hydroxylation is 1. The summed E-state index contributed by atoms with van der Waals surface area (Å²) >= 11 is 0. The zero-order chi connectivity index (χ0) is 11.6. The van der Waals surface area contributed by atoms with E-state index in [0.29, 0.717) is 6.54 Å². The number of rotatable bonds is 4. The van der Waals surface area contributed by atoms with Crippen LogP contribution in [0.2, 0.25) is 0 Å². The summed E-state index contributed by atoms with van der Waals surface area (Å²) in [7, 11) is -3.20. The molecule has 1 N–H and O–H groups in total. The third-order valence-corrected chi connectivity index (χ3v) is 2.59. The first kappa shape index (κ1) is 11.7. The van der Waals surface area contributed by atoms with Crippen LogP contribution in [-0.2, 0) is 22.1 Å². The fourth-order valence-electron chi connectivity index (χ4n) is 1.18. The summed E-state index contributed by atoms with van der Waals surface area (Å²) in [5.41, 5.74) is -0.129. The number of aromatic carboxylic acids is 1. The van der Waals surface area contributed by atoms with Crippen molar-refractivity contribution in [2.24, 2.45) is 0 Å². The lowest BCUT2D eigenvalue weighted by molar-refractivity contribution is 0.0691. The van der Waals surface area contributed by atoms with Crippen LogP contribution in [0.4, 0.5) is 0 Å². The molecule has 0 saturated heterocycles. The van der Waals surface area contributed by atoms with Gasteiger partial charge in [0.25, 0.3) is 0 Å². The highest BCUT2D eigenvalue weighted by Gasteiger charge is 2.15. The quantitative estimate of drug-likeness (QED) is 0.797. The van der Waals surface area contributed by atoms with E-state index in [2.05, 4.69) is 4.98 Å². The highest BCUT2D eigenvalue weighted by Crippen LogP contribution is 2.07. The maximum absolute atomic E-state index is 11.0. The first-order valence-corrected chi connectivity index (χ1v) is 6.36. The van der Waals surface area contributed by atoms with Crippen molar-refractivity contribution in [1.29, 1.82) is 0 Å². The van der Waals surface area contributed by atoms with Gasteiger partial charge in [-0.05, 0) is 6.92 Å². The maximum Gasteiger partial charge on any atom is 0.356 e. The first-order valence-electron chi connectivity index (χ1n) is 4.30. The highest BCUT2D eigenvalue weighted by molar-refractivity contribution is 7.89. The molecule has 0 aliphatic rings. The summed E-state index contributed by atoms with van der Waals surface area (Å²) < 4.78 is 23.6. The summed E-state index contributed by atoms with van der Waals surface area (Å²) in [6, 6.07) is 0. The minimum absolute atomic E-state index is 0.129. The average molecular weight is 232 g/mol. The summed E-state index contributed by atoms with van der Waals surface area (Å²) in [5, 5.41) is 8.69. The standard InChI is InChI=1S/C8H12N2O4S/c1-3-10-4-6(8(11)12)9-7(10)5-15(2,13)14/h4H,3,5H2,1-2H3,(H,11,12). The molecule has 0 unspecified atom stereocenters. The zero-order valence-corrected chi connectivity index (χ0v) is 9.28. The summed E-state index contributed by atoms with van der Waals surface area (Å²) in [5.74, 6) is -1.14. The van der Waals surface area contributed by atoms with Crippen LogP contribution in [0.25, 0.3) is 0 Å². The van der Waals surface area contributed by atoms with Gasteiger partial charge in [-0.25, -0.2) is 18.2 Å². The normalized spacial score (nSPS) is 11.6. The van der Waals surface area contributed by atoms with Gasteiger partial charge in [-0.15, -0.1) is 0 Å². The van der Waals surface area contributed by atoms with E-state index in [1.54, 1.807) is 6.92 Å². The Morgan fingerprint density at radius 1 is 1.60 bits per heavy atom. The molecule has 15 heavy (non-hydrogen) atoms. The SMILES string of the molecule is CCn1cc(C(=O)O)nc1CS(C)(=O)=O. The number of carboxylic acid groups (broad SMARTS) is 1. The van der Waals surface area contributed by atoms with Gasteiger partial charge in [-0.2, -0.15) is 0 Å². The highest BCUT2D eigenvalue weighted by atomic mass is 32.2. The van der Waals surface area contributed by atoms with E-state index in [0.717, 1.165) is 6.26 Å². The minimum atomic E-state index is -3.20. The molecule has 1 heterocycles. The van der Waals surface area contributed by atoms with E-state index < -0.39 is 15.8 Å². The van der Waals surface area contributed by atoms with Gasteiger partial charge in [-0.1, -0.05) is 0 Å². The van der Waals surface area contributed by atoms with Gasteiger partial charge in [-0.3, -0.25) is 0 Å². The lowest BCUT2D eigenvalue weighted by Crippen LogP contribution is -2.08. The van der Waals surface area contributed by atoms with E-state index >= 15 is 0 Å². The Kier molecular flexibility index (Phi) is 3.13. The number of hydrogen-bond acceptors (Lipinski definition) is 4. The van der Waals surface area contributed by atoms with Gasteiger partial charge in [0, 0.05) is 19.0 Å². The Morgan fingerprint density at radius 3 is 2.60 bits per heavy atom. The van der Waals surface area contributed by atoms with Crippen molar-refractivity contribution in [3.8, 4) is 0 Å². The average Bonchev–Trinajstić information content (AvgIpc) is 2.44. The van der Waals surface area contributed by atoms with Crippen molar-refractivity contribution in [3.05, 3.63) is 17.7 Å². The predicted molar refractivity (Wildman–Crippen MR) is 53.4 cm³/mol. The van der Waals surface area contributed by atoms with Crippen molar-refractivity contribution in [2.75, 3.05) is 6.26 Å². The molecule has 6 nitrogen and oxygen atoms in total. The van der Waals surface area contributed by atoms with E-state index in [1.807, 2.05) is 0 Å². The molecule has 0 spiro atoms. The number of carbonyl (C=O) groups is 1. The van der Waals surface area contributed by atoms with Crippen LogP contribution in [0.5, 0.6) is 0 Å².